The molecule has 0 fully saturated rings. The van der Waals surface area contributed by atoms with Gasteiger partial charge in [0, 0.05) is 18.2 Å². The van der Waals surface area contributed by atoms with Crippen molar-refractivity contribution in [3.63, 3.8) is 0 Å². The molecule has 24 heavy (non-hydrogen) atoms. The van der Waals surface area contributed by atoms with Gasteiger partial charge in [-0.05, 0) is 23.8 Å². The molecular weight excluding hydrogens is 306 g/mol. The third kappa shape index (κ3) is 2.83. The molecule has 1 aromatic carbocycles. The average Bonchev–Trinajstić information content (AvgIpc) is 3.29. The normalized spacial score (nSPS) is 15.6. The molecule has 7 heteroatoms. The van der Waals surface area contributed by atoms with Gasteiger partial charge in [0.2, 0.25) is 0 Å². The lowest BCUT2D eigenvalue weighted by atomic mass is 10.1. The Bertz CT molecular complexity index is 838. The van der Waals surface area contributed by atoms with Crippen LogP contribution in [0.4, 0.5) is 0 Å². The standard InChI is InChI=1S/C17H15N5O2/c23-17(13-5-6-19-16(8-13)22-11-18-10-21-22)20-9-14-7-12-3-1-2-4-15(12)24-14/h1-6,8,10-11,14H,7,9H2,(H,20,23)/t14-/m0/s1. The minimum absolute atomic E-state index is 0.0389. The molecule has 4 rings (SSSR count). The lowest BCUT2D eigenvalue weighted by Gasteiger charge is -2.12. The summed E-state index contributed by atoms with van der Waals surface area (Å²) >= 11 is 0. The largest absolute Gasteiger partial charge is 0.488 e. The predicted octanol–water partition coefficient (Wildman–Crippen LogP) is 1.40. The number of pyridine rings is 1. The molecule has 1 aliphatic rings. The lowest BCUT2D eigenvalue weighted by Crippen LogP contribution is -2.34. The number of nitrogens with one attached hydrogen (secondary N) is 1. The van der Waals surface area contributed by atoms with E-state index in [1.165, 1.54) is 22.9 Å². The Balaban J connectivity index is 1.40. The van der Waals surface area contributed by atoms with E-state index in [2.05, 4.69) is 20.4 Å². The number of nitrogens with zero attached hydrogens (tertiary/aromatic N) is 4. The first-order valence-corrected chi connectivity index (χ1v) is 7.63. The highest BCUT2D eigenvalue weighted by atomic mass is 16.5. The van der Waals surface area contributed by atoms with Gasteiger partial charge in [-0.15, -0.1) is 0 Å². The van der Waals surface area contributed by atoms with Crippen molar-refractivity contribution in [2.24, 2.45) is 0 Å². The molecule has 0 saturated carbocycles. The van der Waals surface area contributed by atoms with Crippen LogP contribution in [0.2, 0.25) is 0 Å². The minimum Gasteiger partial charge on any atom is -0.488 e. The molecule has 0 unspecified atom stereocenters. The molecule has 0 bridgehead atoms. The molecule has 3 heterocycles. The molecule has 2 aromatic heterocycles. The van der Waals surface area contributed by atoms with Crippen molar-refractivity contribution in [2.75, 3.05) is 6.54 Å². The van der Waals surface area contributed by atoms with Crippen molar-refractivity contribution < 1.29 is 9.53 Å². The van der Waals surface area contributed by atoms with Gasteiger partial charge in [-0.25, -0.2) is 14.6 Å². The van der Waals surface area contributed by atoms with E-state index in [1.54, 1.807) is 18.3 Å². The summed E-state index contributed by atoms with van der Waals surface area (Å²) < 4.78 is 7.33. The second-order valence-electron chi connectivity index (χ2n) is 5.50. The number of hydrogen-bond acceptors (Lipinski definition) is 5. The fourth-order valence-corrected chi connectivity index (χ4v) is 2.69. The topological polar surface area (TPSA) is 81.9 Å². The maximum absolute atomic E-state index is 12.4. The number of hydrogen-bond donors (Lipinski definition) is 1. The smallest absolute Gasteiger partial charge is 0.251 e. The van der Waals surface area contributed by atoms with Gasteiger partial charge >= 0.3 is 0 Å². The Labute approximate surface area is 138 Å². The second-order valence-corrected chi connectivity index (χ2v) is 5.50. The van der Waals surface area contributed by atoms with Gasteiger partial charge < -0.3 is 10.1 Å². The van der Waals surface area contributed by atoms with Crippen LogP contribution >= 0.6 is 0 Å². The molecule has 3 aromatic rings. The number of amides is 1. The zero-order chi connectivity index (χ0) is 16.4. The highest BCUT2D eigenvalue weighted by Gasteiger charge is 2.22. The molecule has 1 aliphatic heterocycles. The monoisotopic (exact) mass is 321 g/mol. The Morgan fingerprint density at radius 1 is 1.33 bits per heavy atom. The Hall–Kier alpha value is -3.22. The summed E-state index contributed by atoms with van der Waals surface area (Å²) in [5, 5.41) is 6.92. The van der Waals surface area contributed by atoms with Crippen LogP contribution in [0.3, 0.4) is 0 Å². The Kier molecular flexibility index (Phi) is 3.66. The molecule has 120 valence electrons. The number of aromatic nitrogens is 4. The summed E-state index contributed by atoms with van der Waals surface area (Å²) in [7, 11) is 0. The fourth-order valence-electron chi connectivity index (χ4n) is 2.69. The summed E-state index contributed by atoms with van der Waals surface area (Å²) in [6, 6.07) is 11.3. The van der Waals surface area contributed by atoms with Crippen molar-refractivity contribution >= 4 is 5.91 Å². The maximum atomic E-state index is 12.4. The first-order chi connectivity index (χ1) is 11.8. The van der Waals surface area contributed by atoms with Crippen molar-refractivity contribution in [1.29, 1.82) is 0 Å². The van der Waals surface area contributed by atoms with Gasteiger partial charge in [-0.2, -0.15) is 5.10 Å². The van der Waals surface area contributed by atoms with Crippen LogP contribution in [0.5, 0.6) is 5.75 Å². The summed E-state index contributed by atoms with van der Waals surface area (Å²) in [5.74, 6) is 1.28. The molecule has 1 amide bonds. The molecule has 1 atom stereocenters. The third-order valence-electron chi connectivity index (χ3n) is 3.87. The van der Waals surface area contributed by atoms with Gasteiger partial charge in [-0.1, -0.05) is 18.2 Å². The maximum Gasteiger partial charge on any atom is 0.251 e. The van der Waals surface area contributed by atoms with E-state index in [4.69, 9.17) is 4.74 Å². The summed E-state index contributed by atoms with van der Waals surface area (Å²) in [4.78, 5) is 20.4. The Morgan fingerprint density at radius 3 is 3.08 bits per heavy atom. The minimum atomic E-state index is -0.168. The summed E-state index contributed by atoms with van der Waals surface area (Å²) in [6.07, 6.45) is 5.30. The van der Waals surface area contributed by atoms with Gasteiger partial charge in [0.15, 0.2) is 5.82 Å². The molecule has 7 nitrogen and oxygen atoms in total. The van der Waals surface area contributed by atoms with Crippen LogP contribution < -0.4 is 10.1 Å². The quantitative estimate of drug-likeness (QED) is 0.785. The molecule has 0 radical (unpaired) electrons. The van der Waals surface area contributed by atoms with Gasteiger partial charge in [0.25, 0.3) is 5.91 Å². The number of carbonyl (C=O) groups excluding carboxylic acids is 1. The summed E-state index contributed by atoms with van der Waals surface area (Å²) in [5.41, 5.74) is 1.69. The third-order valence-corrected chi connectivity index (χ3v) is 3.87. The predicted molar refractivity (Wildman–Crippen MR) is 86.0 cm³/mol. The van der Waals surface area contributed by atoms with E-state index in [0.717, 1.165) is 12.2 Å². The fraction of sp³-hybridized carbons (Fsp3) is 0.176. The van der Waals surface area contributed by atoms with Gasteiger partial charge in [-0.3, -0.25) is 4.79 Å². The first kappa shape index (κ1) is 14.4. The lowest BCUT2D eigenvalue weighted by molar-refractivity contribution is 0.0933. The number of fused-ring (bicyclic) bond motifs is 1. The van der Waals surface area contributed by atoms with Crippen LogP contribution in [0.25, 0.3) is 5.82 Å². The van der Waals surface area contributed by atoms with E-state index in [9.17, 15) is 4.79 Å². The number of rotatable bonds is 4. The van der Waals surface area contributed by atoms with Crippen molar-refractivity contribution in [2.45, 2.75) is 12.5 Å². The number of carbonyl (C=O) groups is 1. The highest BCUT2D eigenvalue weighted by Crippen LogP contribution is 2.27. The molecule has 0 spiro atoms. The van der Waals surface area contributed by atoms with E-state index >= 15 is 0 Å². The van der Waals surface area contributed by atoms with E-state index < -0.39 is 0 Å². The van der Waals surface area contributed by atoms with Gasteiger partial charge in [0.05, 0.1) is 6.54 Å². The highest BCUT2D eigenvalue weighted by molar-refractivity contribution is 5.94. The average molecular weight is 321 g/mol. The van der Waals surface area contributed by atoms with Crippen LogP contribution in [0.1, 0.15) is 15.9 Å². The van der Waals surface area contributed by atoms with Crippen LogP contribution in [-0.2, 0) is 6.42 Å². The number of benzene rings is 1. The molecule has 0 aliphatic carbocycles. The molecule has 1 N–H and O–H groups in total. The number of para-hydroxylation sites is 1. The SMILES string of the molecule is O=C(NC[C@@H]1Cc2ccccc2O1)c1ccnc(-n2cncn2)c1. The van der Waals surface area contributed by atoms with Crippen LogP contribution in [0, 0.1) is 0 Å². The Morgan fingerprint density at radius 2 is 2.25 bits per heavy atom. The number of ether oxygens (including phenoxy) is 1. The second kappa shape index (κ2) is 6.11. The molecular formula is C17H15N5O2. The van der Waals surface area contributed by atoms with Crippen LogP contribution in [0.15, 0.2) is 55.2 Å². The van der Waals surface area contributed by atoms with Crippen molar-refractivity contribution in [3.05, 3.63) is 66.4 Å². The zero-order valence-corrected chi connectivity index (χ0v) is 12.8. The summed E-state index contributed by atoms with van der Waals surface area (Å²) in [6.45, 7) is 0.453. The van der Waals surface area contributed by atoms with E-state index in [0.29, 0.717) is 17.9 Å². The van der Waals surface area contributed by atoms with Crippen molar-refractivity contribution in [3.8, 4) is 11.6 Å². The first-order valence-electron chi connectivity index (χ1n) is 7.63. The molecule has 0 saturated heterocycles. The van der Waals surface area contributed by atoms with Gasteiger partial charge in [0.1, 0.15) is 24.5 Å². The van der Waals surface area contributed by atoms with E-state index in [1.807, 2.05) is 24.3 Å². The zero-order valence-electron chi connectivity index (χ0n) is 12.8. The van der Waals surface area contributed by atoms with Crippen molar-refractivity contribution in [1.82, 2.24) is 25.1 Å². The van der Waals surface area contributed by atoms with Crippen LogP contribution in [-0.4, -0.2) is 38.3 Å². The van der Waals surface area contributed by atoms with E-state index in [-0.39, 0.29) is 12.0 Å².